The molecule has 3 amide bonds. The van der Waals surface area contributed by atoms with Crippen LogP contribution in [0.15, 0.2) is 60.7 Å². The van der Waals surface area contributed by atoms with Crippen molar-refractivity contribution in [3.8, 4) is 0 Å². The minimum absolute atomic E-state index is 0.0629. The van der Waals surface area contributed by atoms with Crippen molar-refractivity contribution in [1.82, 2.24) is 10.2 Å². The van der Waals surface area contributed by atoms with Crippen LogP contribution in [-0.2, 0) is 25.5 Å². The van der Waals surface area contributed by atoms with Crippen molar-refractivity contribution in [1.29, 1.82) is 0 Å². The van der Waals surface area contributed by atoms with Crippen molar-refractivity contribution < 1.29 is 19.1 Å². The van der Waals surface area contributed by atoms with E-state index < -0.39 is 29.6 Å². The van der Waals surface area contributed by atoms with Crippen molar-refractivity contribution in [2.24, 2.45) is 17.8 Å². The van der Waals surface area contributed by atoms with Crippen molar-refractivity contribution in [2.75, 3.05) is 11.9 Å². The van der Waals surface area contributed by atoms with Crippen LogP contribution in [0.3, 0.4) is 0 Å². The van der Waals surface area contributed by atoms with Gasteiger partial charge in [0.15, 0.2) is 0 Å². The van der Waals surface area contributed by atoms with Gasteiger partial charge in [-0.05, 0) is 67.5 Å². The Hall–Kier alpha value is -3.16. The smallest absolute Gasteiger partial charge is 0.246 e. The van der Waals surface area contributed by atoms with E-state index in [0.29, 0.717) is 29.6 Å². The summed E-state index contributed by atoms with van der Waals surface area (Å²) in [6.45, 7) is 4.47. The zero-order valence-electron chi connectivity index (χ0n) is 22.9. The molecule has 7 unspecified atom stereocenters. The molecule has 3 aliphatic heterocycles. The van der Waals surface area contributed by atoms with Crippen molar-refractivity contribution >= 4 is 35.0 Å². The molecule has 2 N–H and O–H groups in total. The Morgan fingerprint density at radius 1 is 1.10 bits per heavy atom. The fraction of sp³-hybridized carbons (Fsp3) is 0.469. The van der Waals surface area contributed by atoms with E-state index >= 15 is 0 Å². The van der Waals surface area contributed by atoms with Gasteiger partial charge >= 0.3 is 0 Å². The topological polar surface area (TPSA) is 87.7 Å². The first kappa shape index (κ1) is 27.0. The van der Waals surface area contributed by atoms with Crippen LogP contribution in [-0.4, -0.2) is 53.0 Å². The van der Waals surface area contributed by atoms with Gasteiger partial charge in [0, 0.05) is 23.3 Å². The van der Waals surface area contributed by atoms with Crippen molar-refractivity contribution in [2.45, 2.75) is 69.7 Å². The molecule has 1 spiro atoms. The second-order valence-corrected chi connectivity index (χ2v) is 12.3. The summed E-state index contributed by atoms with van der Waals surface area (Å²) < 4.78 is 6.48. The first-order valence-electron chi connectivity index (χ1n) is 14.4. The van der Waals surface area contributed by atoms with E-state index in [9.17, 15) is 14.4 Å². The average Bonchev–Trinajstić information content (AvgIpc) is 3.57. The summed E-state index contributed by atoms with van der Waals surface area (Å²) in [5, 5.41) is 6.92. The molecule has 6 rings (SSSR count). The monoisotopic (exact) mass is 561 g/mol. The highest BCUT2D eigenvalue weighted by Gasteiger charge is 2.72. The van der Waals surface area contributed by atoms with Gasteiger partial charge in [0.25, 0.3) is 0 Å². The molecule has 7 atom stereocenters. The summed E-state index contributed by atoms with van der Waals surface area (Å²) in [6, 6.07) is 14.3. The number of rotatable bonds is 7. The minimum Gasteiger partial charge on any atom is -0.359 e. The maximum Gasteiger partial charge on any atom is 0.246 e. The van der Waals surface area contributed by atoms with E-state index in [1.165, 1.54) is 6.42 Å². The largest absolute Gasteiger partial charge is 0.359 e. The highest BCUT2D eigenvalue weighted by molar-refractivity contribution is 6.30. The van der Waals surface area contributed by atoms with E-state index in [0.717, 1.165) is 30.4 Å². The molecular formula is C32H36ClN3O4. The number of carbonyl (C=O) groups is 3. The van der Waals surface area contributed by atoms with Crippen LogP contribution in [0.5, 0.6) is 0 Å². The third kappa shape index (κ3) is 4.73. The molecule has 8 heteroatoms. The van der Waals surface area contributed by atoms with Gasteiger partial charge in [-0.2, -0.15) is 0 Å². The Morgan fingerprint density at radius 3 is 2.62 bits per heavy atom. The zero-order valence-corrected chi connectivity index (χ0v) is 23.7. The van der Waals surface area contributed by atoms with Gasteiger partial charge in [-0.15, -0.1) is 0 Å². The molecule has 1 aliphatic carbocycles. The normalized spacial score (nSPS) is 32.3. The summed E-state index contributed by atoms with van der Waals surface area (Å²) >= 11 is 6.07. The number of aryl methyl sites for hydroxylation is 1. The first-order valence-corrected chi connectivity index (χ1v) is 14.7. The molecular weight excluding hydrogens is 526 g/mol. The average molecular weight is 562 g/mol. The van der Waals surface area contributed by atoms with Crippen LogP contribution >= 0.6 is 11.6 Å². The first-order chi connectivity index (χ1) is 19.3. The number of likely N-dealkylation sites (tertiary alicyclic amines) is 1. The fourth-order valence-corrected chi connectivity index (χ4v) is 7.28. The Morgan fingerprint density at radius 2 is 1.88 bits per heavy atom. The van der Waals surface area contributed by atoms with E-state index in [4.69, 9.17) is 16.3 Å². The number of anilines is 1. The minimum atomic E-state index is -1.17. The molecule has 2 saturated heterocycles. The Kier molecular flexibility index (Phi) is 7.21. The summed E-state index contributed by atoms with van der Waals surface area (Å²) in [5.41, 5.74) is 1.55. The van der Waals surface area contributed by atoms with Crippen LogP contribution in [0.25, 0.3) is 0 Å². The lowest BCUT2D eigenvalue weighted by atomic mass is 9.74. The molecule has 3 heterocycles. The second-order valence-electron chi connectivity index (χ2n) is 11.8. The molecule has 40 heavy (non-hydrogen) atoms. The standard InChI is InChI=1S/C32H36ClN3O4/c1-19-6-5-8-23(18-19)34-29(37)26-25-14-16-32(40-25)27(26)31(39)36(17-15-21-10-12-22(33)13-11-21)28(32)30(38)35-24-9-4-3-7-20(24)2/h5-6,8,10-14,16,18,20,24-28H,3-4,7,9,15,17H2,1-2H3,(H,34,37)(H,35,38). The number of halogens is 1. The zero-order chi connectivity index (χ0) is 28.0. The maximum absolute atomic E-state index is 14.2. The molecule has 7 nitrogen and oxygen atoms in total. The second kappa shape index (κ2) is 10.7. The van der Waals surface area contributed by atoms with Crippen molar-refractivity contribution in [3.05, 3.63) is 76.8 Å². The third-order valence-corrected chi connectivity index (χ3v) is 9.46. The van der Waals surface area contributed by atoms with Crippen LogP contribution in [0, 0.1) is 24.7 Å². The molecule has 0 aromatic heterocycles. The molecule has 2 aromatic carbocycles. The maximum atomic E-state index is 14.2. The van der Waals surface area contributed by atoms with Gasteiger partial charge in [0.1, 0.15) is 11.6 Å². The van der Waals surface area contributed by atoms with Crippen LogP contribution in [0.4, 0.5) is 5.69 Å². The molecule has 3 fully saturated rings. The van der Waals surface area contributed by atoms with E-state index in [-0.39, 0.29) is 23.8 Å². The van der Waals surface area contributed by atoms with Gasteiger partial charge in [-0.1, -0.05) is 67.8 Å². The van der Waals surface area contributed by atoms with Gasteiger partial charge in [-0.3, -0.25) is 14.4 Å². The number of fused-ring (bicyclic) bond motifs is 1. The van der Waals surface area contributed by atoms with Crippen LogP contribution in [0.1, 0.15) is 43.7 Å². The van der Waals surface area contributed by atoms with E-state index in [1.54, 1.807) is 4.90 Å². The predicted molar refractivity (Wildman–Crippen MR) is 154 cm³/mol. The van der Waals surface area contributed by atoms with E-state index in [2.05, 4.69) is 17.6 Å². The number of nitrogens with one attached hydrogen (secondary N) is 2. The number of hydrogen-bond acceptors (Lipinski definition) is 4. The molecule has 2 bridgehead atoms. The fourth-order valence-electron chi connectivity index (χ4n) is 7.15. The number of hydrogen-bond donors (Lipinski definition) is 2. The van der Waals surface area contributed by atoms with Gasteiger partial charge in [0.2, 0.25) is 17.7 Å². The lowest BCUT2D eigenvalue weighted by Crippen LogP contribution is -2.57. The Balaban J connectivity index is 1.30. The Bertz CT molecular complexity index is 1340. The summed E-state index contributed by atoms with van der Waals surface area (Å²) in [4.78, 5) is 43.5. The highest BCUT2D eigenvalue weighted by Crippen LogP contribution is 2.55. The number of ether oxygens (including phenoxy) is 1. The summed E-state index contributed by atoms with van der Waals surface area (Å²) in [5.74, 6) is -1.79. The highest BCUT2D eigenvalue weighted by atomic mass is 35.5. The summed E-state index contributed by atoms with van der Waals surface area (Å²) in [6.07, 6.45) is 7.97. The van der Waals surface area contributed by atoms with Crippen LogP contribution < -0.4 is 10.6 Å². The quantitative estimate of drug-likeness (QED) is 0.481. The van der Waals surface area contributed by atoms with Gasteiger partial charge in [0.05, 0.1) is 17.9 Å². The number of amides is 3. The SMILES string of the molecule is Cc1cccc(NC(=O)C2C3C=CC4(O3)C2C(=O)N(CCc2ccc(Cl)cc2)C4C(=O)NC2CCCCC2C)c1. The Labute approximate surface area is 240 Å². The molecule has 0 radical (unpaired) electrons. The molecule has 210 valence electrons. The lowest BCUT2D eigenvalue weighted by molar-refractivity contribution is -0.141. The summed E-state index contributed by atoms with van der Waals surface area (Å²) in [7, 11) is 0. The molecule has 2 aromatic rings. The van der Waals surface area contributed by atoms with Gasteiger partial charge in [-0.25, -0.2) is 0 Å². The third-order valence-electron chi connectivity index (χ3n) is 9.20. The lowest BCUT2D eigenvalue weighted by Gasteiger charge is -2.36. The van der Waals surface area contributed by atoms with Crippen molar-refractivity contribution in [3.63, 3.8) is 0 Å². The molecule has 4 aliphatic rings. The van der Waals surface area contributed by atoms with Crippen LogP contribution in [0.2, 0.25) is 5.02 Å². The molecule has 1 saturated carbocycles. The number of benzene rings is 2. The van der Waals surface area contributed by atoms with Gasteiger partial charge < -0.3 is 20.3 Å². The number of nitrogens with zero attached hydrogens (tertiary/aromatic N) is 1. The number of carbonyl (C=O) groups excluding carboxylic acids is 3. The van der Waals surface area contributed by atoms with E-state index in [1.807, 2.05) is 67.6 Å². The predicted octanol–water partition coefficient (Wildman–Crippen LogP) is 4.68.